The van der Waals surface area contributed by atoms with E-state index in [0.29, 0.717) is 42.8 Å². The molecule has 3 rings (SSSR count). The van der Waals surface area contributed by atoms with Crippen molar-refractivity contribution in [1.82, 2.24) is 10.2 Å². The quantitative estimate of drug-likeness (QED) is 0.812. The molecule has 4 atom stereocenters. The van der Waals surface area contributed by atoms with Crippen molar-refractivity contribution in [2.45, 2.75) is 52.2 Å². The molecule has 1 N–H and O–H groups in total. The van der Waals surface area contributed by atoms with E-state index in [0.717, 1.165) is 30.0 Å². The average Bonchev–Trinajstić information content (AvgIpc) is 3.07. The SMILES string of the molecule is COc1ccc(CN2C(=O)C[C@H]3[C@H](CNC(C)C)[C@@H](C)C[C@H]32)c(OC)c1. The molecular formula is C21H32N2O3. The molecule has 1 aliphatic heterocycles. The van der Waals surface area contributed by atoms with E-state index in [1.165, 1.54) is 0 Å². The number of nitrogens with one attached hydrogen (secondary N) is 1. The largest absolute Gasteiger partial charge is 0.497 e. The summed E-state index contributed by atoms with van der Waals surface area (Å²) in [5.74, 6) is 3.52. The first-order valence-corrected chi connectivity index (χ1v) is 9.68. The zero-order valence-corrected chi connectivity index (χ0v) is 16.6. The Morgan fingerprint density at radius 3 is 2.69 bits per heavy atom. The molecule has 26 heavy (non-hydrogen) atoms. The molecule has 1 heterocycles. The molecule has 1 aliphatic carbocycles. The summed E-state index contributed by atoms with van der Waals surface area (Å²) < 4.78 is 10.8. The first kappa shape index (κ1) is 19.0. The number of likely N-dealkylation sites (tertiary alicyclic amines) is 1. The first-order valence-electron chi connectivity index (χ1n) is 9.68. The number of fused-ring (bicyclic) bond motifs is 1. The number of rotatable bonds is 7. The van der Waals surface area contributed by atoms with Gasteiger partial charge in [-0.25, -0.2) is 0 Å². The molecule has 0 bridgehead atoms. The topological polar surface area (TPSA) is 50.8 Å². The monoisotopic (exact) mass is 360 g/mol. The smallest absolute Gasteiger partial charge is 0.223 e. The number of ether oxygens (including phenoxy) is 2. The van der Waals surface area contributed by atoms with Gasteiger partial charge in [0.05, 0.1) is 14.2 Å². The highest BCUT2D eigenvalue weighted by Crippen LogP contribution is 2.46. The lowest BCUT2D eigenvalue weighted by Crippen LogP contribution is -2.34. The highest BCUT2D eigenvalue weighted by atomic mass is 16.5. The Hall–Kier alpha value is -1.75. The maximum absolute atomic E-state index is 12.7. The fourth-order valence-corrected chi connectivity index (χ4v) is 4.68. The van der Waals surface area contributed by atoms with Crippen molar-refractivity contribution in [1.29, 1.82) is 0 Å². The molecule has 0 spiro atoms. The molecule has 5 nitrogen and oxygen atoms in total. The highest BCUT2D eigenvalue weighted by Gasteiger charge is 2.50. The third kappa shape index (κ3) is 3.68. The van der Waals surface area contributed by atoms with Crippen molar-refractivity contribution >= 4 is 5.91 Å². The molecule has 1 aromatic carbocycles. The summed E-state index contributed by atoms with van der Waals surface area (Å²) in [6, 6.07) is 6.66. The van der Waals surface area contributed by atoms with Gasteiger partial charge in [-0.2, -0.15) is 0 Å². The van der Waals surface area contributed by atoms with Crippen LogP contribution in [0.2, 0.25) is 0 Å². The first-order chi connectivity index (χ1) is 12.4. The van der Waals surface area contributed by atoms with Crippen LogP contribution in [0.25, 0.3) is 0 Å². The summed E-state index contributed by atoms with van der Waals surface area (Å²) in [5, 5.41) is 3.58. The summed E-state index contributed by atoms with van der Waals surface area (Å²) in [7, 11) is 3.31. The Bertz CT molecular complexity index is 646. The molecule has 0 unspecified atom stereocenters. The van der Waals surface area contributed by atoms with Crippen LogP contribution in [0.5, 0.6) is 11.5 Å². The average molecular weight is 360 g/mol. The van der Waals surface area contributed by atoms with Crippen molar-refractivity contribution in [2.75, 3.05) is 20.8 Å². The second-order valence-electron chi connectivity index (χ2n) is 8.07. The summed E-state index contributed by atoms with van der Waals surface area (Å²) >= 11 is 0. The summed E-state index contributed by atoms with van der Waals surface area (Å²) in [5.41, 5.74) is 1.04. The van der Waals surface area contributed by atoms with E-state index in [1.54, 1.807) is 14.2 Å². The molecule has 144 valence electrons. The van der Waals surface area contributed by atoms with E-state index in [1.807, 2.05) is 18.2 Å². The number of carbonyl (C=O) groups excluding carboxylic acids is 1. The zero-order valence-electron chi connectivity index (χ0n) is 16.6. The van der Waals surface area contributed by atoms with Gasteiger partial charge in [0, 0.05) is 36.7 Å². The van der Waals surface area contributed by atoms with E-state index >= 15 is 0 Å². The second-order valence-corrected chi connectivity index (χ2v) is 8.07. The molecule has 1 saturated carbocycles. The molecule has 0 radical (unpaired) electrons. The number of nitrogens with zero attached hydrogens (tertiary/aromatic N) is 1. The van der Waals surface area contributed by atoms with Crippen LogP contribution in [0, 0.1) is 17.8 Å². The molecule has 0 aromatic heterocycles. The summed E-state index contributed by atoms with van der Waals surface area (Å²) in [6.07, 6.45) is 1.78. The van der Waals surface area contributed by atoms with Crippen LogP contribution in [-0.2, 0) is 11.3 Å². The lowest BCUT2D eigenvalue weighted by Gasteiger charge is -2.26. The molecule has 2 fully saturated rings. The van der Waals surface area contributed by atoms with Crippen LogP contribution in [0.15, 0.2) is 18.2 Å². The lowest BCUT2D eigenvalue weighted by atomic mass is 9.88. The van der Waals surface area contributed by atoms with Crippen molar-refractivity contribution in [3.05, 3.63) is 23.8 Å². The normalized spacial score (nSPS) is 27.9. The second kappa shape index (κ2) is 7.87. The highest BCUT2D eigenvalue weighted by molar-refractivity contribution is 5.79. The Kier molecular flexibility index (Phi) is 5.76. The molecule has 1 saturated heterocycles. The van der Waals surface area contributed by atoms with E-state index in [4.69, 9.17) is 9.47 Å². The molecular weight excluding hydrogens is 328 g/mol. The van der Waals surface area contributed by atoms with Crippen LogP contribution in [0.3, 0.4) is 0 Å². The van der Waals surface area contributed by atoms with E-state index in [2.05, 4.69) is 31.0 Å². The van der Waals surface area contributed by atoms with E-state index < -0.39 is 0 Å². The molecule has 2 aliphatic rings. The summed E-state index contributed by atoms with van der Waals surface area (Å²) in [6.45, 7) is 8.32. The number of amides is 1. The Morgan fingerprint density at radius 1 is 1.27 bits per heavy atom. The minimum Gasteiger partial charge on any atom is -0.497 e. The lowest BCUT2D eigenvalue weighted by molar-refractivity contribution is -0.129. The number of methoxy groups -OCH3 is 2. The molecule has 5 heteroatoms. The maximum Gasteiger partial charge on any atom is 0.223 e. The van der Waals surface area contributed by atoms with Crippen LogP contribution < -0.4 is 14.8 Å². The fourth-order valence-electron chi connectivity index (χ4n) is 4.68. The summed E-state index contributed by atoms with van der Waals surface area (Å²) in [4.78, 5) is 14.8. The Balaban J connectivity index is 1.75. The Labute approximate surface area is 157 Å². The molecule has 1 amide bonds. The van der Waals surface area contributed by atoms with Crippen LogP contribution in [0.1, 0.15) is 39.2 Å². The predicted octanol–water partition coefficient (Wildman–Crippen LogP) is 3.07. The van der Waals surface area contributed by atoms with Gasteiger partial charge < -0.3 is 19.7 Å². The number of hydrogen-bond donors (Lipinski definition) is 1. The van der Waals surface area contributed by atoms with Crippen LogP contribution >= 0.6 is 0 Å². The van der Waals surface area contributed by atoms with Gasteiger partial charge >= 0.3 is 0 Å². The predicted molar refractivity (Wildman–Crippen MR) is 102 cm³/mol. The van der Waals surface area contributed by atoms with Crippen LogP contribution in [0.4, 0.5) is 0 Å². The van der Waals surface area contributed by atoms with Crippen molar-refractivity contribution < 1.29 is 14.3 Å². The van der Waals surface area contributed by atoms with Crippen molar-refractivity contribution in [3.8, 4) is 11.5 Å². The minimum atomic E-state index is 0.277. The Morgan fingerprint density at radius 2 is 2.04 bits per heavy atom. The number of hydrogen-bond acceptors (Lipinski definition) is 4. The maximum atomic E-state index is 12.7. The van der Waals surface area contributed by atoms with Crippen molar-refractivity contribution in [2.24, 2.45) is 17.8 Å². The fraction of sp³-hybridized carbons (Fsp3) is 0.667. The van der Waals surface area contributed by atoms with Crippen molar-refractivity contribution in [3.63, 3.8) is 0 Å². The van der Waals surface area contributed by atoms with Gasteiger partial charge in [-0.05, 0) is 42.9 Å². The van der Waals surface area contributed by atoms with Gasteiger partial charge in [0.25, 0.3) is 0 Å². The minimum absolute atomic E-state index is 0.277. The zero-order chi connectivity index (χ0) is 18.8. The van der Waals surface area contributed by atoms with E-state index in [-0.39, 0.29) is 5.91 Å². The van der Waals surface area contributed by atoms with Crippen LogP contribution in [-0.4, -0.2) is 43.7 Å². The number of carbonyl (C=O) groups is 1. The van der Waals surface area contributed by atoms with Gasteiger partial charge in [-0.3, -0.25) is 4.79 Å². The van der Waals surface area contributed by atoms with Gasteiger partial charge in [-0.15, -0.1) is 0 Å². The third-order valence-corrected chi connectivity index (χ3v) is 6.12. The number of benzene rings is 1. The van der Waals surface area contributed by atoms with Gasteiger partial charge in [-0.1, -0.05) is 20.8 Å². The van der Waals surface area contributed by atoms with Gasteiger partial charge in [0.1, 0.15) is 11.5 Å². The standard InChI is InChI=1S/C21H32N2O3/c1-13(2)22-11-18-14(3)8-19-17(18)10-21(24)23(19)12-15-6-7-16(25-4)9-20(15)26-5/h6-7,9,13-14,17-19,22H,8,10-12H2,1-5H3/t14-,17-,18+,19+/m0/s1. The third-order valence-electron chi connectivity index (χ3n) is 6.12. The van der Waals surface area contributed by atoms with Gasteiger partial charge in [0.2, 0.25) is 5.91 Å². The van der Waals surface area contributed by atoms with Gasteiger partial charge in [0.15, 0.2) is 0 Å². The molecule has 1 aromatic rings. The van der Waals surface area contributed by atoms with E-state index in [9.17, 15) is 4.79 Å².